The number of imidazole rings is 2. The summed E-state index contributed by atoms with van der Waals surface area (Å²) in [6.45, 7) is 3.84. The van der Waals surface area contributed by atoms with Crippen LogP contribution < -0.4 is 81.8 Å². The molecule has 3 aromatic rings. The van der Waals surface area contributed by atoms with Gasteiger partial charge in [-0.2, -0.15) is 0 Å². The van der Waals surface area contributed by atoms with Gasteiger partial charge in [-0.15, -0.1) is 0 Å². The average molecular weight is 1470 g/mol. The minimum Gasteiger partial charge on any atom is -0.508 e. The van der Waals surface area contributed by atoms with Gasteiger partial charge in [-0.3, -0.25) is 72.1 Å². The van der Waals surface area contributed by atoms with Gasteiger partial charge < -0.3 is 122 Å². The second kappa shape index (κ2) is 42.2. The number of primary amides is 2. The number of nitrogens with zero attached hydrogens (tertiary/aromatic N) is 4. The van der Waals surface area contributed by atoms with Gasteiger partial charge in [0.05, 0.1) is 38.3 Å². The van der Waals surface area contributed by atoms with Gasteiger partial charge in [-0.05, 0) is 68.1 Å². The zero-order valence-electron chi connectivity index (χ0n) is 57.8. The first-order valence-corrected chi connectivity index (χ1v) is 33.3. The predicted molar refractivity (Wildman–Crippen MR) is 364 cm³/mol. The maximum Gasteiger partial charge on any atom is 0.326 e. The van der Waals surface area contributed by atoms with Crippen LogP contribution in [0.5, 0.6) is 5.75 Å². The first-order chi connectivity index (χ1) is 49.2. The van der Waals surface area contributed by atoms with E-state index in [9.17, 15) is 97.5 Å². The number of carbonyl (C=O) groups excluding carboxylic acids is 13. The Kier molecular flexibility index (Phi) is 34.5. The number of aliphatic hydroxyl groups excluding tert-OH is 2. The number of aromatic nitrogens is 4. The van der Waals surface area contributed by atoms with Crippen molar-refractivity contribution in [1.29, 1.82) is 0 Å². The Balaban J connectivity index is 1.62. The molecule has 0 aliphatic carbocycles. The number of hydrogen-bond acceptors (Lipinski definition) is 22. The molecule has 572 valence electrons. The SMILES string of the molecule is CC[C@H](C)[C@@H](NC(=O)[C@@H](Cc1cnc[nH]1)NC(=O)[C@@H](CCCN=C(N)N)NC(=O)[C@@H](Cc1ccc(O)cc1)NC(=O)[C@@H](Cc1cnc[nH]1)NC(=O)[C@@H](CO)NC(=O)[C@H](N)CCC(N)=O)C(=O)N[C@H](CO)C(=O)N1CCC[C@@H]1C(=O)N[C@H](CC(=O)O)C(=O)N[C@H](CCC(N)=O)C(=O)N[C@@H](C(=O)O)C(C)C. The number of guanidine groups is 1. The number of benzene rings is 1. The van der Waals surface area contributed by atoms with E-state index < -0.39 is 206 Å². The third-order valence-corrected chi connectivity index (χ3v) is 16.6. The molecular weight excluding hydrogens is 1370 g/mol. The molecule has 1 aliphatic rings. The number of aromatic amines is 2. The molecule has 13 atom stereocenters. The number of amides is 13. The van der Waals surface area contributed by atoms with Gasteiger partial charge >= 0.3 is 11.9 Å². The Morgan fingerprint density at radius 3 is 1.52 bits per heavy atom. The minimum absolute atomic E-state index is 0.00778. The van der Waals surface area contributed by atoms with Gasteiger partial charge in [0, 0.05) is 69.0 Å². The normalized spacial score (nSPS) is 16.0. The Morgan fingerprint density at radius 1 is 0.567 bits per heavy atom. The summed E-state index contributed by atoms with van der Waals surface area (Å²) < 4.78 is 0. The van der Waals surface area contributed by atoms with E-state index in [1.165, 1.54) is 63.2 Å². The maximum atomic E-state index is 14.8. The summed E-state index contributed by atoms with van der Waals surface area (Å²) in [6, 6.07) is -13.9. The van der Waals surface area contributed by atoms with E-state index in [1.807, 2.05) is 0 Å². The number of nitrogens with two attached hydrogens (primary N) is 5. The van der Waals surface area contributed by atoms with Crippen LogP contribution in [0.15, 0.2) is 54.3 Å². The summed E-state index contributed by atoms with van der Waals surface area (Å²) in [4.78, 5) is 221. The van der Waals surface area contributed by atoms with Gasteiger partial charge in [0.15, 0.2) is 5.96 Å². The van der Waals surface area contributed by atoms with Crippen molar-refractivity contribution < 1.29 is 97.5 Å². The van der Waals surface area contributed by atoms with Crippen LogP contribution in [-0.2, 0) is 91.2 Å². The lowest BCUT2D eigenvalue weighted by Gasteiger charge is -2.31. The molecule has 3 heterocycles. The number of carboxylic acid groups (broad SMARTS) is 2. The number of aliphatic carboxylic acids is 2. The van der Waals surface area contributed by atoms with E-state index >= 15 is 0 Å². The van der Waals surface area contributed by atoms with Crippen molar-refractivity contribution in [3.8, 4) is 5.75 Å². The first kappa shape index (κ1) is 85.1. The van der Waals surface area contributed by atoms with E-state index in [4.69, 9.17) is 28.7 Å². The quantitative estimate of drug-likeness (QED) is 0.0142. The lowest BCUT2D eigenvalue weighted by molar-refractivity contribution is -0.145. The molecule has 1 aliphatic heterocycles. The molecule has 0 bridgehead atoms. The fourth-order valence-electron chi connectivity index (χ4n) is 10.6. The summed E-state index contributed by atoms with van der Waals surface area (Å²) >= 11 is 0. The number of phenolic OH excluding ortho intramolecular Hbond substituents is 1. The van der Waals surface area contributed by atoms with Crippen LogP contribution in [0.1, 0.15) is 109 Å². The van der Waals surface area contributed by atoms with E-state index in [2.05, 4.69) is 78.1 Å². The number of aliphatic hydroxyl groups is 2. The summed E-state index contributed by atoms with van der Waals surface area (Å²) in [7, 11) is 0. The number of rotatable bonds is 45. The summed E-state index contributed by atoms with van der Waals surface area (Å²) in [5.74, 6) is -18.2. The summed E-state index contributed by atoms with van der Waals surface area (Å²) in [6.07, 6.45) is 1.63. The Bertz CT molecular complexity index is 3480. The molecule has 0 unspecified atom stereocenters. The number of H-pyrrole nitrogens is 2. The number of phenols is 1. The zero-order valence-corrected chi connectivity index (χ0v) is 57.8. The third kappa shape index (κ3) is 27.9. The number of aromatic hydroxyl groups is 1. The van der Waals surface area contributed by atoms with Crippen molar-refractivity contribution >= 4 is 94.7 Å². The number of likely N-dealkylation sites (tertiary alicyclic amines) is 1. The van der Waals surface area contributed by atoms with Crippen molar-refractivity contribution in [2.45, 2.75) is 184 Å². The average Bonchev–Trinajstić information content (AvgIpc) is 1.64. The fourth-order valence-corrected chi connectivity index (χ4v) is 10.6. The van der Waals surface area contributed by atoms with Gasteiger partial charge in [0.1, 0.15) is 72.2 Å². The van der Waals surface area contributed by atoms with E-state index in [0.29, 0.717) is 5.56 Å². The molecule has 0 radical (unpaired) electrons. The molecular formula is C63H95N21O20. The first-order valence-electron chi connectivity index (χ1n) is 33.3. The summed E-state index contributed by atoms with van der Waals surface area (Å²) in [5.41, 5.74) is 28.4. The lowest BCUT2D eigenvalue weighted by Crippen LogP contribution is -2.62. The lowest BCUT2D eigenvalue weighted by atomic mass is 9.97. The number of carboxylic acids is 2. The van der Waals surface area contributed by atoms with Crippen molar-refractivity contribution in [3.63, 3.8) is 0 Å². The van der Waals surface area contributed by atoms with E-state index in [0.717, 1.165) is 4.90 Å². The molecule has 1 aromatic carbocycles. The van der Waals surface area contributed by atoms with Gasteiger partial charge in [-0.25, -0.2) is 14.8 Å². The van der Waals surface area contributed by atoms with Crippen LogP contribution in [0.2, 0.25) is 0 Å². The third-order valence-electron chi connectivity index (χ3n) is 16.6. The van der Waals surface area contributed by atoms with Crippen molar-refractivity contribution in [3.05, 3.63) is 66.3 Å². The highest BCUT2D eigenvalue weighted by atomic mass is 16.4. The molecule has 13 amide bonds. The van der Waals surface area contributed by atoms with Gasteiger partial charge in [-0.1, -0.05) is 46.2 Å². The van der Waals surface area contributed by atoms with Crippen LogP contribution in [-0.4, -0.2) is 244 Å². The molecule has 41 heteroatoms. The Labute approximate surface area is 595 Å². The maximum absolute atomic E-state index is 14.8. The number of nitrogens with one attached hydrogen (secondary N) is 12. The molecule has 1 saturated heterocycles. The molecule has 0 saturated carbocycles. The zero-order chi connectivity index (χ0) is 77.5. The van der Waals surface area contributed by atoms with Crippen LogP contribution in [0.3, 0.4) is 0 Å². The predicted octanol–water partition coefficient (Wildman–Crippen LogP) is -8.14. The van der Waals surface area contributed by atoms with E-state index in [-0.39, 0.29) is 100 Å². The smallest absolute Gasteiger partial charge is 0.326 e. The molecule has 2 aromatic heterocycles. The topological polar surface area (TPSA) is 681 Å². The number of aliphatic imine (C=N–C) groups is 1. The van der Waals surface area contributed by atoms with Crippen molar-refractivity contribution in [1.82, 2.24) is 78.0 Å². The highest BCUT2D eigenvalue weighted by Gasteiger charge is 2.42. The largest absolute Gasteiger partial charge is 0.508 e. The van der Waals surface area contributed by atoms with Crippen molar-refractivity contribution in [2.24, 2.45) is 45.5 Å². The van der Waals surface area contributed by atoms with Gasteiger partial charge in [0.2, 0.25) is 76.8 Å². The molecule has 1 fully saturated rings. The fraction of sp³-hybridized carbons (Fsp3) is 0.556. The second-order valence-electron chi connectivity index (χ2n) is 25.1. The monoisotopic (exact) mass is 1470 g/mol. The highest BCUT2D eigenvalue weighted by molar-refractivity contribution is 6.00. The molecule has 4 rings (SSSR count). The number of carbonyl (C=O) groups is 15. The Morgan fingerprint density at radius 2 is 1.03 bits per heavy atom. The Hall–Kier alpha value is -11.4. The van der Waals surface area contributed by atoms with Crippen LogP contribution in [0, 0.1) is 11.8 Å². The van der Waals surface area contributed by atoms with Gasteiger partial charge in [0.25, 0.3) is 0 Å². The van der Waals surface area contributed by atoms with Crippen LogP contribution in [0.4, 0.5) is 0 Å². The second-order valence-corrected chi connectivity index (χ2v) is 25.1. The van der Waals surface area contributed by atoms with Crippen LogP contribution in [0.25, 0.3) is 0 Å². The molecule has 41 nitrogen and oxygen atoms in total. The molecule has 27 N–H and O–H groups in total. The number of hydrogen-bond donors (Lipinski definition) is 22. The van der Waals surface area contributed by atoms with Crippen molar-refractivity contribution in [2.75, 3.05) is 26.3 Å². The minimum atomic E-state index is -1.94. The van der Waals surface area contributed by atoms with Crippen LogP contribution >= 0.6 is 0 Å². The summed E-state index contributed by atoms with van der Waals surface area (Å²) in [5, 5.41) is 74.8. The molecule has 0 spiro atoms. The highest BCUT2D eigenvalue weighted by Crippen LogP contribution is 2.21. The van der Waals surface area contributed by atoms with E-state index in [1.54, 1.807) is 13.8 Å². The molecule has 104 heavy (non-hydrogen) atoms. The standard InChI is InChI=1S/C63H95N21O20/c1-5-31(4)50(60(101)81-44(27-86)61(102)84-19-7-9-45(84)59(100)79-42(23-48(90)91)56(97)75-38(15-17-47(66)89)53(94)82-49(30(2)3)62(103)104)83-57(98)41(22-34-25-70-29-73-34)77-52(93)37(8-6-18-71-63(67)68)74-54(95)39(20-32-10-12-35(87)13-11-32)76-55(96)40(21-33-24-69-28-72-33)78-58(99)43(26-85)80-51(92)36(64)14-16-46(65)88/h10-13,24-25,28-31,36-45,49-50,85-87H,5-9,14-23,26-27,64H2,1-4H3,(H2,65,88)(H2,66,89)(H,69,72)(H,70,73)(H,74,95)(H,75,97)(H,76,96)(H,77,93)(H,78,99)(H,79,100)(H,80,92)(H,81,101)(H,82,94)(H,83,98)(H,90,91)(H,103,104)(H4,67,68,71)/t31-,36+,37+,38+,39+,40+,41+,42+,43+,44+,45+,49+,50+/m0/s1.